The fraction of sp³-hybridized carbons (Fsp3) is 0. The van der Waals surface area contributed by atoms with E-state index in [9.17, 15) is 0 Å². The highest BCUT2D eigenvalue weighted by Crippen LogP contribution is 2.29. The van der Waals surface area contributed by atoms with Crippen molar-refractivity contribution in [2.24, 2.45) is 0 Å². The van der Waals surface area contributed by atoms with E-state index >= 15 is 0 Å². The van der Waals surface area contributed by atoms with E-state index in [-0.39, 0.29) is 0 Å². The maximum absolute atomic E-state index is 4.39. The molecule has 0 aliphatic heterocycles. The first-order valence-electron chi connectivity index (χ1n) is 5.92. The number of hydrogen-bond acceptors (Lipinski definition) is 4. The second kappa shape index (κ2) is 3.84. The van der Waals surface area contributed by atoms with Gasteiger partial charge in [0.25, 0.3) is 0 Å². The van der Waals surface area contributed by atoms with E-state index < -0.39 is 0 Å². The van der Waals surface area contributed by atoms with Gasteiger partial charge in [-0.3, -0.25) is 10.1 Å². The fourth-order valence-corrected chi connectivity index (χ4v) is 2.25. The number of aromatic amines is 1. The van der Waals surface area contributed by atoms with E-state index in [1.807, 2.05) is 30.3 Å². The number of benzene rings is 1. The van der Waals surface area contributed by atoms with Crippen LogP contribution in [-0.2, 0) is 0 Å². The second-order valence-electron chi connectivity index (χ2n) is 4.24. The number of fused-ring (bicyclic) bond motifs is 2. The van der Waals surface area contributed by atoms with Crippen LogP contribution in [0.3, 0.4) is 0 Å². The third kappa shape index (κ3) is 1.48. The van der Waals surface area contributed by atoms with Crippen LogP contribution in [0.1, 0.15) is 0 Å². The van der Waals surface area contributed by atoms with Gasteiger partial charge in [-0.2, -0.15) is 5.10 Å². The van der Waals surface area contributed by atoms with Crippen LogP contribution < -0.4 is 0 Å². The van der Waals surface area contributed by atoms with Gasteiger partial charge in [0, 0.05) is 23.3 Å². The molecule has 4 rings (SSSR count). The van der Waals surface area contributed by atoms with Gasteiger partial charge in [0.05, 0.1) is 11.0 Å². The number of hydrogen-bond donors (Lipinski definition) is 1. The molecular formula is C14H9N5. The zero-order valence-corrected chi connectivity index (χ0v) is 9.91. The first-order valence-corrected chi connectivity index (χ1v) is 5.92. The Hall–Kier alpha value is -2.82. The predicted octanol–water partition coefficient (Wildman–Crippen LogP) is 2.57. The molecule has 1 aromatic carbocycles. The topological polar surface area (TPSA) is 67.3 Å². The van der Waals surface area contributed by atoms with Crippen molar-refractivity contribution in [3.8, 4) is 11.3 Å². The molecule has 3 heterocycles. The number of para-hydroxylation sites is 1. The Labute approximate surface area is 108 Å². The largest absolute Gasteiger partial charge is 0.276 e. The van der Waals surface area contributed by atoms with Gasteiger partial charge in [0.1, 0.15) is 17.5 Å². The summed E-state index contributed by atoms with van der Waals surface area (Å²) in [4.78, 5) is 12.8. The average molecular weight is 247 g/mol. The van der Waals surface area contributed by atoms with Gasteiger partial charge in [-0.05, 0) is 12.1 Å². The van der Waals surface area contributed by atoms with Crippen LogP contribution in [0.4, 0.5) is 0 Å². The summed E-state index contributed by atoms with van der Waals surface area (Å²) in [6.07, 6.45) is 5.11. The molecule has 19 heavy (non-hydrogen) atoms. The molecule has 0 atom stereocenters. The molecule has 4 aromatic rings. The third-order valence-electron chi connectivity index (χ3n) is 3.11. The Morgan fingerprint density at radius 1 is 0.947 bits per heavy atom. The normalized spacial score (nSPS) is 11.2. The highest BCUT2D eigenvalue weighted by molar-refractivity contribution is 5.99. The number of nitrogens with one attached hydrogen (secondary N) is 1. The predicted molar refractivity (Wildman–Crippen MR) is 72.4 cm³/mol. The Morgan fingerprint density at radius 2 is 1.95 bits per heavy atom. The number of nitrogens with zero attached hydrogens (tertiary/aromatic N) is 4. The Kier molecular flexibility index (Phi) is 2.05. The smallest absolute Gasteiger partial charge is 0.121 e. The van der Waals surface area contributed by atoms with Crippen molar-refractivity contribution in [2.45, 2.75) is 0 Å². The lowest BCUT2D eigenvalue weighted by Crippen LogP contribution is -1.87. The molecule has 0 spiro atoms. The molecule has 0 aliphatic rings. The van der Waals surface area contributed by atoms with Gasteiger partial charge in [-0.15, -0.1) is 0 Å². The Balaban J connectivity index is 2.10. The first kappa shape index (κ1) is 10.1. The van der Waals surface area contributed by atoms with Crippen molar-refractivity contribution >= 4 is 21.9 Å². The molecule has 90 valence electrons. The average Bonchev–Trinajstić information content (AvgIpc) is 2.90. The highest BCUT2D eigenvalue weighted by atomic mass is 15.1. The maximum atomic E-state index is 4.39. The monoisotopic (exact) mass is 247 g/mol. The summed E-state index contributed by atoms with van der Waals surface area (Å²) in [6, 6.07) is 9.81. The number of H-pyrrole nitrogens is 1. The molecule has 0 saturated heterocycles. The van der Waals surface area contributed by atoms with Crippen LogP contribution in [0.2, 0.25) is 0 Å². The number of pyridine rings is 1. The Morgan fingerprint density at radius 3 is 2.95 bits per heavy atom. The molecule has 0 fully saturated rings. The molecule has 0 unspecified atom stereocenters. The van der Waals surface area contributed by atoms with Crippen LogP contribution in [0.15, 0.2) is 49.1 Å². The first-order chi connectivity index (χ1) is 9.43. The molecule has 0 amide bonds. The van der Waals surface area contributed by atoms with Crippen LogP contribution in [0.5, 0.6) is 0 Å². The molecule has 3 aromatic heterocycles. The molecule has 0 aliphatic carbocycles. The Bertz CT molecular complexity index is 876. The minimum atomic E-state index is 0.819. The van der Waals surface area contributed by atoms with Crippen LogP contribution in [0, 0.1) is 0 Å². The van der Waals surface area contributed by atoms with Crippen LogP contribution in [0.25, 0.3) is 33.2 Å². The van der Waals surface area contributed by atoms with Gasteiger partial charge in [0.2, 0.25) is 0 Å². The molecule has 5 nitrogen and oxygen atoms in total. The van der Waals surface area contributed by atoms with E-state index in [4.69, 9.17) is 0 Å². The number of rotatable bonds is 1. The zero-order chi connectivity index (χ0) is 12.7. The second-order valence-corrected chi connectivity index (χ2v) is 4.24. The van der Waals surface area contributed by atoms with Gasteiger partial charge in [0.15, 0.2) is 0 Å². The fourth-order valence-electron chi connectivity index (χ4n) is 2.25. The van der Waals surface area contributed by atoms with Gasteiger partial charge in [-0.25, -0.2) is 9.97 Å². The third-order valence-corrected chi connectivity index (χ3v) is 3.11. The minimum absolute atomic E-state index is 0.819. The summed E-state index contributed by atoms with van der Waals surface area (Å²) in [7, 11) is 0. The summed E-state index contributed by atoms with van der Waals surface area (Å²) in [5.41, 5.74) is 4.44. The van der Waals surface area contributed by atoms with E-state index in [1.165, 1.54) is 0 Å². The SMILES string of the molecule is c1cc(-c2n[nH]c3cccnc23)c2ncncc2c1. The van der Waals surface area contributed by atoms with Crippen LogP contribution in [-0.4, -0.2) is 25.1 Å². The van der Waals surface area contributed by atoms with Gasteiger partial charge < -0.3 is 0 Å². The van der Waals surface area contributed by atoms with Crippen molar-refractivity contribution < 1.29 is 0 Å². The van der Waals surface area contributed by atoms with E-state index in [1.54, 1.807) is 18.7 Å². The summed E-state index contributed by atoms with van der Waals surface area (Å²) in [5, 5.41) is 8.36. The van der Waals surface area contributed by atoms with Crippen molar-refractivity contribution in [2.75, 3.05) is 0 Å². The summed E-state index contributed by atoms with van der Waals surface area (Å²) >= 11 is 0. The summed E-state index contributed by atoms with van der Waals surface area (Å²) in [6.45, 7) is 0. The summed E-state index contributed by atoms with van der Waals surface area (Å²) in [5.74, 6) is 0. The molecular weight excluding hydrogens is 238 g/mol. The minimum Gasteiger partial charge on any atom is -0.276 e. The molecule has 0 bridgehead atoms. The van der Waals surface area contributed by atoms with E-state index in [2.05, 4.69) is 25.1 Å². The van der Waals surface area contributed by atoms with Crippen LogP contribution >= 0.6 is 0 Å². The lowest BCUT2D eigenvalue weighted by atomic mass is 10.1. The standard InChI is InChI=1S/C14H9N5/c1-3-9-7-15-8-17-12(9)10(4-1)13-14-11(18-19-13)5-2-6-16-14/h1-8H,(H,18,19). The van der Waals surface area contributed by atoms with Gasteiger partial charge >= 0.3 is 0 Å². The molecule has 0 saturated carbocycles. The van der Waals surface area contributed by atoms with Crippen molar-refractivity contribution in [1.82, 2.24) is 25.1 Å². The molecule has 0 radical (unpaired) electrons. The number of aromatic nitrogens is 5. The van der Waals surface area contributed by atoms with Gasteiger partial charge in [-0.1, -0.05) is 18.2 Å². The zero-order valence-electron chi connectivity index (χ0n) is 9.91. The van der Waals surface area contributed by atoms with Crippen molar-refractivity contribution in [3.63, 3.8) is 0 Å². The van der Waals surface area contributed by atoms with Crippen molar-refractivity contribution in [1.29, 1.82) is 0 Å². The van der Waals surface area contributed by atoms with E-state index in [0.29, 0.717) is 0 Å². The quantitative estimate of drug-likeness (QED) is 0.561. The maximum Gasteiger partial charge on any atom is 0.121 e. The lowest BCUT2D eigenvalue weighted by molar-refractivity contribution is 1.12. The van der Waals surface area contributed by atoms with E-state index in [0.717, 1.165) is 33.2 Å². The summed E-state index contributed by atoms with van der Waals surface area (Å²) < 4.78 is 0. The van der Waals surface area contributed by atoms with Crippen molar-refractivity contribution in [3.05, 3.63) is 49.1 Å². The highest BCUT2D eigenvalue weighted by Gasteiger charge is 2.12. The molecule has 1 N–H and O–H groups in total. The lowest BCUT2D eigenvalue weighted by Gasteiger charge is -2.02. The molecule has 5 heteroatoms.